The molecule has 0 radical (unpaired) electrons. The van der Waals surface area contributed by atoms with E-state index < -0.39 is 0 Å². The number of carbonyl (C=O) groups is 1. The number of piperazine rings is 1. The quantitative estimate of drug-likeness (QED) is 0.625. The summed E-state index contributed by atoms with van der Waals surface area (Å²) in [6.07, 6.45) is 2.87. The van der Waals surface area contributed by atoms with Crippen LogP contribution in [0.2, 0.25) is 0 Å². The summed E-state index contributed by atoms with van der Waals surface area (Å²) in [6, 6.07) is 0. The highest BCUT2D eigenvalue weighted by Crippen LogP contribution is 2.02. The monoisotopic (exact) mass is 284 g/mol. The molecule has 1 aliphatic rings. The Balaban J connectivity index is 1.93. The molecular weight excluding hydrogens is 252 g/mol. The van der Waals surface area contributed by atoms with Gasteiger partial charge in [-0.1, -0.05) is 6.92 Å². The fourth-order valence-corrected chi connectivity index (χ4v) is 2.43. The van der Waals surface area contributed by atoms with Gasteiger partial charge in [0.2, 0.25) is 5.91 Å². The van der Waals surface area contributed by atoms with Gasteiger partial charge in [0.25, 0.3) is 0 Å². The topological polar surface area (TPSA) is 38.8 Å². The molecule has 0 aromatic carbocycles. The number of carbonyl (C=O) groups excluding carboxylic acids is 1. The van der Waals surface area contributed by atoms with E-state index in [1.165, 1.54) is 45.7 Å². The summed E-state index contributed by atoms with van der Waals surface area (Å²) in [5.74, 6) is 0.176. The molecule has 1 aliphatic heterocycles. The van der Waals surface area contributed by atoms with Crippen LogP contribution in [0.15, 0.2) is 0 Å². The average molecular weight is 284 g/mol. The molecule has 0 aliphatic carbocycles. The van der Waals surface area contributed by atoms with Crippen molar-refractivity contribution in [3.8, 4) is 0 Å². The number of hydrogen-bond acceptors (Lipinski definition) is 4. The van der Waals surface area contributed by atoms with Crippen molar-refractivity contribution in [1.82, 2.24) is 20.0 Å². The molecular formula is C15H32N4O. The van der Waals surface area contributed by atoms with Crippen molar-refractivity contribution in [2.45, 2.75) is 26.2 Å². The first-order valence-electron chi connectivity index (χ1n) is 7.98. The van der Waals surface area contributed by atoms with Gasteiger partial charge in [-0.05, 0) is 40.0 Å². The summed E-state index contributed by atoms with van der Waals surface area (Å²) in [7, 11) is 3.98. The first-order valence-corrected chi connectivity index (χ1v) is 7.98. The standard InChI is InChI=1S/C15H32N4O/c1-4-18-11-13-19(14-12-18)9-6-5-8-16-15(20)7-10-17(2)3/h4-14H2,1-3H3,(H,16,20). The number of nitrogens with zero attached hydrogens (tertiary/aromatic N) is 3. The molecule has 118 valence electrons. The molecule has 1 N–H and O–H groups in total. The second-order valence-corrected chi connectivity index (χ2v) is 5.89. The third-order valence-corrected chi connectivity index (χ3v) is 3.92. The van der Waals surface area contributed by atoms with Gasteiger partial charge in [0.15, 0.2) is 0 Å². The number of rotatable bonds is 9. The normalized spacial score (nSPS) is 17.6. The van der Waals surface area contributed by atoms with Crippen LogP contribution in [0.4, 0.5) is 0 Å². The maximum Gasteiger partial charge on any atom is 0.221 e. The highest BCUT2D eigenvalue weighted by atomic mass is 16.1. The van der Waals surface area contributed by atoms with Crippen LogP contribution in [0.3, 0.4) is 0 Å². The Hall–Kier alpha value is -0.650. The summed E-state index contributed by atoms with van der Waals surface area (Å²) >= 11 is 0. The molecule has 1 fully saturated rings. The molecule has 20 heavy (non-hydrogen) atoms. The van der Waals surface area contributed by atoms with Crippen LogP contribution in [0.5, 0.6) is 0 Å². The molecule has 0 spiro atoms. The lowest BCUT2D eigenvalue weighted by Gasteiger charge is -2.33. The fraction of sp³-hybridized carbons (Fsp3) is 0.933. The van der Waals surface area contributed by atoms with Crippen LogP contribution in [0.25, 0.3) is 0 Å². The predicted octanol–water partition coefficient (Wildman–Crippen LogP) is 0.472. The maximum atomic E-state index is 11.5. The second-order valence-electron chi connectivity index (χ2n) is 5.89. The van der Waals surface area contributed by atoms with E-state index in [0.29, 0.717) is 6.42 Å². The SMILES string of the molecule is CCN1CCN(CCCCNC(=O)CCN(C)C)CC1. The molecule has 5 nitrogen and oxygen atoms in total. The zero-order valence-electron chi connectivity index (χ0n) is 13.5. The van der Waals surface area contributed by atoms with Crippen molar-refractivity contribution in [2.24, 2.45) is 0 Å². The largest absolute Gasteiger partial charge is 0.356 e. The Morgan fingerprint density at radius 3 is 2.35 bits per heavy atom. The number of amides is 1. The van der Waals surface area contributed by atoms with Crippen LogP contribution in [-0.2, 0) is 4.79 Å². The predicted molar refractivity (Wildman–Crippen MR) is 84.0 cm³/mol. The van der Waals surface area contributed by atoms with E-state index >= 15 is 0 Å². The van der Waals surface area contributed by atoms with Crippen molar-refractivity contribution >= 4 is 5.91 Å². The van der Waals surface area contributed by atoms with E-state index in [1.807, 2.05) is 19.0 Å². The van der Waals surface area contributed by atoms with Crippen molar-refractivity contribution in [3.05, 3.63) is 0 Å². The molecule has 0 unspecified atom stereocenters. The number of hydrogen-bond donors (Lipinski definition) is 1. The molecule has 1 amide bonds. The van der Waals surface area contributed by atoms with Crippen LogP contribution in [-0.4, -0.2) is 87.1 Å². The Kier molecular flexibility index (Phi) is 8.82. The van der Waals surface area contributed by atoms with Gasteiger partial charge < -0.3 is 20.0 Å². The lowest BCUT2D eigenvalue weighted by Crippen LogP contribution is -2.46. The van der Waals surface area contributed by atoms with E-state index in [4.69, 9.17) is 0 Å². The first kappa shape index (κ1) is 17.4. The number of unbranched alkanes of at least 4 members (excludes halogenated alkanes) is 1. The van der Waals surface area contributed by atoms with E-state index in [-0.39, 0.29) is 5.91 Å². The van der Waals surface area contributed by atoms with Gasteiger partial charge >= 0.3 is 0 Å². The highest BCUT2D eigenvalue weighted by molar-refractivity contribution is 5.75. The van der Waals surface area contributed by atoms with Crippen molar-refractivity contribution in [3.63, 3.8) is 0 Å². The summed E-state index contributed by atoms with van der Waals surface area (Å²) in [5, 5.41) is 3.00. The molecule has 1 rings (SSSR count). The van der Waals surface area contributed by atoms with Crippen LogP contribution in [0.1, 0.15) is 26.2 Å². The van der Waals surface area contributed by atoms with E-state index in [1.54, 1.807) is 0 Å². The summed E-state index contributed by atoms with van der Waals surface area (Å²) in [6.45, 7) is 11.0. The minimum absolute atomic E-state index is 0.176. The van der Waals surface area contributed by atoms with E-state index in [9.17, 15) is 4.79 Å². The van der Waals surface area contributed by atoms with Crippen molar-refractivity contribution in [2.75, 3.05) is 66.5 Å². The van der Waals surface area contributed by atoms with Gasteiger partial charge in [0, 0.05) is 45.7 Å². The average Bonchev–Trinajstić information content (AvgIpc) is 2.45. The van der Waals surface area contributed by atoms with Gasteiger partial charge in [-0.2, -0.15) is 0 Å². The molecule has 0 bridgehead atoms. The third-order valence-electron chi connectivity index (χ3n) is 3.92. The smallest absolute Gasteiger partial charge is 0.221 e. The van der Waals surface area contributed by atoms with Crippen molar-refractivity contribution in [1.29, 1.82) is 0 Å². The van der Waals surface area contributed by atoms with E-state index in [0.717, 1.165) is 19.5 Å². The Morgan fingerprint density at radius 1 is 1.10 bits per heavy atom. The summed E-state index contributed by atoms with van der Waals surface area (Å²) < 4.78 is 0. The second kappa shape index (κ2) is 10.1. The molecule has 0 saturated carbocycles. The third kappa shape index (κ3) is 7.82. The van der Waals surface area contributed by atoms with Gasteiger partial charge in [0.1, 0.15) is 0 Å². The van der Waals surface area contributed by atoms with Crippen LogP contribution in [0, 0.1) is 0 Å². The molecule has 1 saturated heterocycles. The lowest BCUT2D eigenvalue weighted by molar-refractivity contribution is -0.121. The minimum atomic E-state index is 0.176. The van der Waals surface area contributed by atoms with Gasteiger partial charge in [-0.25, -0.2) is 0 Å². The van der Waals surface area contributed by atoms with Gasteiger partial charge in [0.05, 0.1) is 0 Å². The Labute approximate surface area is 124 Å². The minimum Gasteiger partial charge on any atom is -0.356 e. The molecule has 0 aromatic rings. The Morgan fingerprint density at radius 2 is 1.75 bits per heavy atom. The molecule has 0 atom stereocenters. The van der Waals surface area contributed by atoms with Crippen LogP contribution >= 0.6 is 0 Å². The van der Waals surface area contributed by atoms with Crippen LogP contribution < -0.4 is 5.32 Å². The van der Waals surface area contributed by atoms with Gasteiger partial charge in [-0.15, -0.1) is 0 Å². The van der Waals surface area contributed by atoms with E-state index in [2.05, 4.69) is 22.0 Å². The van der Waals surface area contributed by atoms with Gasteiger partial charge in [-0.3, -0.25) is 4.79 Å². The Bertz CT molecular complexity index is 263. The number of likely N-dealkylation sites (N-methyl/N-ethyl adjacent to an activating group) is 1. The first-order chi connectivity index (χ1) is 9.61. The molecule has 0 aromatic heterocycles. The maximum absolute atomic E-state index is 11.5. The lowest BCUT2D eigenvalue weighted by atomic mass is 10.2. The number of nitrogens with one attached hydrogen (secondary N) is 1. The fourth-order valence-electron chi connectivity index (χ4n) is 2.43. The molecule has 1 heterocycles. The zero-order valence-corrected chi connectivity index (χ0v) is 13.5. The van der Waals surface area contributed by atoms with Crippen molar-refractivity contribution < 1.29 is 4.79 Å². The summed E-state index contributed by atoms with van der Waals surface area (Å²) in [4.78, 5) is 18.6. The highest BCUT2D eigenvalue weighted by Gasteiger charge is 2.14. The summed E-state index contributed by atoms with van der Waals surface area (Å²) in [5.41, 5.74) is 0. The zero-order chi connectivity index (χ0) is 14.8. The molecule has 5 heteroatoms.